The standard InChI is InChI=1S/C12H19N3O2/c1-3-15(8-10-5-4-6-17-10)12(16)11-7-13-14-9(11)2/h7,10H,3-6,8H2,1-2H3,(H,13,14). The highest BCUT2D eigenvalue weighted by Gasteiger charge is 2.23. The average molecular weight is 237 g/mol. The Labute approximate surface area is 101 Å². The van der Waals surface area contributed by atoms with Crippen LogP contribution in [0, 0.1) is 6.92 Å². The number of likely N-dealkylation sites (N-methyl/N-ethyl adjacent to an activating group) is 1. The zero-order chi connectivity index (χ0) is 12.3. The number of rotatable bonds is 4. The first-order chi connectivity index (χ1) is 8.22. The van der Waals surface area contributed by atoms with E-state index in [9.17, 15) is 4.79 Å². The van der Waals surface area contributed by atoms with Gasteiger partial charge in [0, 0.05) is 25.4 Å². The fourth-order valence-corrected chi connectivity index (χ4v) is 2.13. The van der Waals surface area contributed by atoms with Crippen molar-refractivity contribution in [1.82, 2.24) is 15.1 Å². The minimum Gasteiger partial charge on any atom is -0.376 e. The van der Waals surface area contributed by atoms with Gasteiger partial charge in [0.15, 0.2) is 0 Å². The first-order valence-corrected chi connectivity index (χ1v) is 6.13. The van der Waals surface area contributed by atoms with E-state index >= 15 is 0 Å². The molecule has 0 radical (unpaired) electrons. The molecular formula is C12H19N3O2. The van der Waals surface area contributed by atoms with Crippen molar-refractivity contribution < 1.29 is 9.53 Å². The minimum atomic E-state index is 0.0363. The van der Waals surface area contributed by atoms with Crippen LogP contribution < -0.4 is 0 Å². The predicted octanol–water partition coefficient (Wildman–Crippen LogP) is 1.36. The molecule has 1 aromatic heterocycles. The van der Waals surface area contributed by atoms with Crippen molar-refractivity contribution in [2.24, 2.45) is 0 Å². The number of carbonyl (C=O) groups excluding carboxylic acids is 1. The summed E-state index contributed by atoms with van der Waals surface area (Å²) in [7, 11) is 0. The number of aromatic nitrogens is 2. The Kier molecular flexibility index (Phi) is 3.78. The third-order valence-corrected chi connectivity index (χ3v) is 3.18. The van der Waals surface area contributed by atoms with E-state index in [1.165, 1.54) is 0 Å². The molecule has 1 amide bonds. The molecule has 1 saturated heterocycles. The quantitative estimate of drug-likeness (QED) is 0.860. The number of amides is 1. The molecule has 2 heterocycles. The van der Waals surface area contributed by atoms with Gasteiger partial charge in [-0.15, -0.1) is 0 Å². The van der Waals surface area contributed by atoms with Gasteiger partial charge in [-0.25, -0.2) is 0 Å². The molecule has 0 saturated carbocycles. The number of nitrogens with zero attached hydrogens (tertiary/aromatic N) is 2. The third kappa shape index (κ3) is 2.66. The fraction of sp³-hybridized carbons (Fsp3) is 0.667. The van der Waals surface area contributed by atoms with Gasteiger partial charge in [0.25, 0.3) is 5.91 Å². The molecular weight excluding hydrogens is 218 g/mol. The SMILES string of the molecule is CCN(CC1CCCO1)C(=O)c1cn[nH]c1C. The van der Waals surface area contributed by atoms with Gasteiger partial charge in [-0.2, -0.15) is 5.10 Å². The number of hydrogen-bond acceptors (Lipinski definition) is 3. The Morgan fingerprint density at radius 2 is 2.53 bits per heavy atom. The highest BCUT2D eigenvalue weighted by molar-refractivity contribution is 5.95. The number of aromatic amines is 1. The summed E-state index contributed by atoms with van der Waals surface area (Å²) in [6.07, 6.45) is 3.94. The zero-order valence-electron chi connectivity index (χ0n) is 10.4. The third-order valence-electron chi connectivity index (χ3n) is 3.18. The first-order valence-electron chi connectivity index (χ1n) is 6.13. The summed E-state index contributed by atoms with van der Waals surface area (Å²) in [5.74, 6) is 0.0363. The molecule has 94 valence electrons. The van der Waals surface area contributed by atoms with E-state index in [-0.39, 0.29) is 12.0 Å². The van der Waals surface area contributed by atoms with Crippen LogP contribution in [0.5, 0.6) is 0 Å². The number of nitrogens with one attached hydrogen (secondary N) is 1. The number of hydrogen-bond donors (Lipinski definition) is 1. The molecule has 1 aromatic rings. The van der Waals surface area contributed by atoms with Gasteiger partial charge in [-0.05, 0) is 26.7 Å². The van der Waals surface area contributed by atoms with Crippen LogP contribution in [-0.2, 0) is 4.74 Å². The monoisotopic (exact) mass is 237 g/mol. The molecule has 17 heavy (non-hydrogen) atoms. The minimum absolute atomic E-state index is 0.0363. The van der Waals surface area contributed by atoms with Crippen molar-refractivity contribution in [1.29, 1.82) is 0 Å². The first kappa shape index (κ1) is 12.1. The van der Waals surface area contributed by atoms with E-state index in [2.05, 4.69) is 10.2 Å². The Bertz CT molecular complexity index is 383. The Hall–Kier alpha value is -1.36. The summed E-state index contributed by atoms with van der Waals surface area (Å²) in [5.41, 5.74) is 1.48. The number of aryl methyl sites for hydroxylation is 1. The van der Waals surface area contributed by atoms with Gasteiger partial charge in [-0.3, -0.25) is 9.89 Å². The van der Waals surface area contributed by atoms with E-state index in [0.717, 1.165) is 25.1 Å². The molecule has 1 fully saturated rings. The molecule has 0 aliphatic carbocycles. The molecule has 0 spiro atoms. The molecule has 1 N–H and O–H groups in total. The summed E-state index contributed by atoms with van der Waals surface area (Å²) in [4.78, 5) is 14.1. The van der Waals surface area contributed by atoms with Gasteiger partial charge >= 0.3 is 0 Å². The van der Waals surface area contributed by atoms with Gasteiger partial charge in [0.2, 0.25) is 0 Å². The second-order valence-electron chi connectivity index (χ2n) is 4.39. The average Bonchev–Trinajstić information content (AvgIpc) is 2.96. The maximum atomic E-state index is 12.3. The second kappa shape index (κ2) is 5.31. The summed E-state index contributed by atoms with van der Waals surface area (Å²) in [6, 6.07) is 0. The van der Waals surface area contributed by atoms with E-state index in [4.69, 9.17) is 4.74 Å². The van der Waals surface area contributed by atoms with E-state index < -0.39 is 0 Å². The lowest BCUT2D eigenvalue weighted by Gasteiger charge is -2.23. The molecule has 1 aliphatic heterocycles. The van der Waals surface area contributed by atoms with Crippen LogP contribution >= 0.6 is 0 Å². The Morgan fingerprint density at radius 3 is 3.06 bits per heavy atom. The van der Waals surface area contributed by atoms with Gasteiger partial charge in [0.1, 0.15) is 0 Å². The van der Waals surface area contributed by atoms with E-state index in [1.807, 2.05) is 18.7 Å². The van der Waals surface area contributed by atoms with Crippen LogP contribution in [0.25, 0.3) is 0 Å². The lowest BCUT2D eigenvalue weighted by molar-refractivity contribution is 0.0538. The van der Waals surface area contributed by atoms with Crippen LogP contribution in [0.3, 0.4) is 0 Å². The highest BCUT2D eigenvalue weighted by atomic mass is 16.5. The summed E-state index contributed by atoms with van der Waals surface area (Å²) >= 11 is 0. The maximum Gasteiger partial charge on any atom is 0.257 e. The lowest BCUT2D eigenvalue weighted by Crippen LogP contribution is -2.37. The molecule has 5 heteroatoms. The number of H-pyrrole nitrogens is 1. The summed E-state index contributed by atoms with van der Waals surface area (Å²) < 4.78 is 5.57. The van der Waals surface area contributed by atoms with Crippen LogP contribution in [-0.4, -0.2) is 46.8 Å². The summed E-state index contributed by atoms with van der Waals surface area (Å²) in [6.45, 7) is 6.05. The largest absolute Gasteiger partial charge is 0.376 e. The molecule has 0 bridgehead atoms. The van der Waals surface area contributed by atoms with Crippen LogP contribution in [0.15, 0.2) is 6.20 Å². The van der Waals surface area contributed by atoms with Crippen molar-refractivity contribution in [2.45, 2.75) is 32.8 Å². The van der Waals surface area contributed by atoms with Crippen molar-refractivity contribution in [2.75, 3.05) is 19.7 Å². The lowest BCUT2D eigenvalue weighted by atomic mass is 10.2. The molecule has 1 unspecified atom stereocenters. The van der Waals surface area contributed by atoms with Gasteiger partial charge < -0.3 is 9.64 Å². The van der Waals surface area contributed by atoms with Gasteiger partial charge in [0.05, 0.1) is 17.9 Å². The Balaban J connectivity index is 2.02. The zero-order valence-corrected chi connectivity index (χ0v) is 10.4. The Morgan fingerprint density at radius 1 is 1.71 bits per heavy atom. The van der Waals surface area contributed by atoms with Crippen LogP contribution in [0.1, 0.15) is 35.8 Å². The van der Waals surface area contributed by atoms with E-state index in [1.54, 1.807) is 6.20 Å². The molecule has 1 atom stereocenters. The van der Waals surface area contributed by atoms with Crippen molar-refractivity contribution in [3.63, 3.8) is 0 Å². The molecule has 5 nitrogen and oxygen atoms in total. The normalized spacial score (nSPS) is 19.5. The fourth-order valence-electron chi connectivity index (χ4n) is 2.13. The van der Waals surface area contributed by atoms with E-state index in [0.29, 0.717) is 18.7 Å². The van der Waals surface area contributed by atoms with Crippen LogP contribution in [0.2, 0.25) is 0 Å². The molecule has 0 aromatic carbocycles. The number of carbonyl (C=O) groups is 1. The maximum absolute atomic E-state index is 12.3. The molecule has 2 rings (SSSR count). The van der Waals surface area contributed by atoms with Crippen molar-refractivity contribution >= 4 is 5.91 Å². The summed E-state index contributed by atoms with van der Waals surface area (Å²) in [5, 5.41) is 6.68. The van der Waals surface area contributed by atoms with Crippen molar-refractivity contribution in [3.8, 4) is 0 Å². The predicted molar refractivity (Wildman–Crippen MR) is 63.9 cm³/mol. The molecule has 1 aliphatic rings. The highest BCUT2D eigenvalue weighted by Crippen LogP contribution is 2.15. The second-order valence-corrected chi connectivity index (χ2v) is 4.39. The van der Waals surface area contributed by atoms with Crippen LogP contribution in [0.4, 0.5) is 0 Å². The van der Waals surface area contributed by atoms with Gasteiger partial charge in [-0.1, -0.05) is 0 Å². The van der Waals surface area contributed by atoms with Crippen molar-refractivity contribution in [3.05, 3.63) is 17.5 Å². The number of ether oxygens (including phenoxy) is 1. The topological polar surface area (TPSA) is 58.2 Å². The smallest absolute Gasteiger partial charge is 0.257 e.